The molecule has 0 saturated carbocycles. The van der Waals surface area contributed by atoms with Crippen molar-refractivity contribution in [1.82, 2.24) is 10.1 Å². The summed E-state index contributed by atoms with van der Waals surface area (Å²) < 4.78 is 101. The second kappa shape index (κ2) is 8.98. The van der Waals surface area contributed by atoms with Gasteiger partial charge in [0.25, 0.3) is 11.8 Å². The molecule has 0 aliphatic carbocycles. The molecule has 1 fully saturated rings. The number of hydrogen-bond acceptors (Lipinski definition) is 7. The number of ether oxygens (including phenoxy) is 1. The van der Waals surface area contributed by atoms with Crippen LogP contribution in [0.15, 0.2) is 47.0 Å². The molecule has 2 heterocycles. The fourth-order valence-corrected chi connectivity index (χ4v) is 4.28. The minimum Gasteiger partial charge on any atom is -0.405 e. The first-order chi connectivity index (χ1) is 16.3. The normalized spacial score (nSPS) is 16.2. The van der Waals surface area contributed by atoms with Gasteiger partial charge in [-0.25, -0.2) is 17.2 Å². The minimum absolute atomic E-state index is 0.0169. The first-order valence-electron chi connectivity index (χ1n) is 10.2. The number of aromatic nitrogens is 2. The second-order valence-corrected chi connectivity index (χ2v) is 9.70. The van der Waals surface area contributed by atoms with Crippen molar-refractivity contribution in [3.63, 3.8) is 0 Å². The largest absolute Gasteiger partial charge is 0.573 e. The predicted octanol–water partition coefficient (Wildman–Crippen LogP) is 4.91. The molecule has 3 aromatic rings. The summed E-state index contributed by atoms with van der Waals surface area (Å²) in [6.07, 6.45) is -4.06. The number of para-hydroxylation sites is 1. The summed E-state index contributed by atoms with van der Waals surface area (Å²) in [4.78, 5) is 5.49. The number of rotatable bonds is 6. The lowest BCUT2D eigenvalue weighted by molar-refractivity contribution is -0.274. The summed E-state index contributed by atoms with van der Waals surface area (Å²) in [6, 6.07) is 9.45. The Bertz CT molecular complexity index is 1330. The van der Waals surface area contributed by atoms with Crippen LogP contribution in [0.4, 0.5) is 33.3 Å². The molecular weight excluding hydrogens is 499 g/mol. The van der Waals surface area contributed by atoms with Gasteiger partial charge in [-0.3, -0.25) is 4.72 Å². The third-order valence-corrected chi connectivity index (χ3v) is 5.64. The molecule has 1 aliphatic rings. The SMILES string of the molecule is CS(=O)(=O)Nc1cc(-c2nc(-c3ccccc3OC(F)(F)F)no2)ccc1N1CCCC(F)(F)C1. The Kier molecular flexibility index (Phi) is 6.34. The molecule has 14 heteroatoms. The van der Waals surface area contributed by atoms with Crippen molar-refractivity contribution < 1.29 is 39.6 Å². The highest BCUT2D eigenvalue weighted by Gasteiger charge is 2.36. The molecule has 0 unspecified atom stereocenters. The van der Waals surface area contributed by atoms with E-state index in [1.54, 1.807) is 0 Å². The Hall–Kier alpha value is -3.42. The Morgan fingerprint density at radius 1 is 1.17 bits per heavy atom. The van der Waals surface area contributed by atoms with Crippen LogP contribution in [-0.2, 0) is 10.0 Å². The van der Waals surface area contributed by atoms with Gasteiger partial charge in [0.2, 0.25) is 15.8 Å². The number of alkyl halides is 5. The summed E-state index contributed by atoms with van der Waals surface area (Å²) in [7, 11) is -3.78. The van der Waals surface area contributed by atoms with Gasteiger partial charge in [-0.1, -0.05) is 17.3 Å². The summed E-state index contributed by atoms with van der Waals surface area (Å²) in [5, 5.41) is 3.71. The topological polar surface area (TPSA) is 97.6 Å². The van der Waals surface area contributed by atoms with Crippen molar-refractivity contribution in [2.45, 2.75) is 25.1 Å². The van der Waals surface area contributed by atoms with E-state index >= 15 is 0 Å². The summed E-state index contributed by atoms with van der Waals surface area (Å²) in [5.41, 5.74) is 0.392. The molecule has 0 radical (unpaired) electrons. The maximum absolute atomic E-state index is 14.0. The standard InChI is InChI=1S/C21H19F5N4O4S/c1-35(31,32)29-15-11-13(7-8-16(15)30-10-4-9-20(22,23)12-30)19-27-18(28-34-19)14-5-2-3-6-17(14)33-21(24,25)26/h2-3,5-8,11,29H,4,9-10,12H2,1H3. The monoisotopic (exact) mass is 518 g/mol. The molecule has 0 spiro atoms. The number of anilines is 2. The number of nitrogens with zero attached hydrogens (tertiary/aromatic N) is 3. The predicted molar refractivity (Wildman–Crippen MR) is 117 cm³/mol. The van der Waals surface area contributed by atoms with Crippen molar-refractivity contribution in [3.8, 4) is 28.6 Å². The number of benzene rings is 2. The molecule has 1 aliphatic heterocycles. The van der Waals surface area contributed by atoms with E-state index in [0.717, 1.165) is 12.3 Å². The second-order valence-electron chi connectivity index (χ2n) is 7.95. The molecule has 1 aromatic heterocycles. The molecule has 8 nitrogen and oxygen atoms in total. The molecular formula is C21H19F5N4O4S. The fourth-order valence-electron chi connectivity index (χ4n) is 3.71. The molecule has 0 bridgehead atoms. The lowest BCUT2D eigenvalue weighted by Gasteiger charge is -2.35. The lowest BCUT2D eigenvalue weighted by Crippen LogP contribution is -2.43. The van der Waals surface area contributed by atoms with Gasteiger partial charge < -0.3 is 14.2 Å². The molecule has 0 atom stereocenters. The van der Waals surface area contributed by atoms with Gasteiger partial charge in [-0.15, -0.1) is 13.2 Å². The highest BCUT2D eigenvalue weighted by atomic mass is 32.2. The third kappa shape index (κ3) is 6.18. The van der Waals surface area contributed by atoms with E-state index in [-0.39, 0.29) is 47.1 Å². The Morgan fingerprint density at radius 2 is 1.91 bits per heavy atom. The number of piperidine rings is 1. The van der Waals surface area contributed by atoms with E-state index in [4.69, 9.17) is 4.52 Å². The summed E-state index contributed by atoms with van der Waals surface area (Å²) in [6.45, 7) is -0.278. The van der Waals surface area contributed by atoms with Gasteiger partial charge in [0, 0.05) is 18.5 Å². The zero-order chi connectivity index (χ0) is 25.4. The number of sulfonamides is 1. The zero-order valence-corrected chi connectivity index (χ0v) is 19.0. The van der Waals surface area contributed by atoms with Crippen LogP contribution in [0, 0.1) is 0 Å². The minimum atomic E-state index is -4.93. The van der Waals surface area contributed by atoms with E-state index in [1.807, 2.05) is 0 Å². The van der Waals surface area contributed by atoms with Gasteiger partial charge in [0.15, 0.2) is 0 Å². The Balaban J connectivity index is 1.70. The fraction of sp³-hybridized carbons (Fsp3) is 0.333. The van der Waals surface area contributed by atoms with Crippen LogP contribution in [0.5, 0.6) is 5.75 Å². The van der Waals surface area contributed by atoms with Gasteiger partial charge in [0.05, 0.1) is 29.7 Å². The van der Waals surface area contributed by atoms with Crippen LogP contribution < -0.4 is 14.4 Å². The number of hydrogen-bond donors (Lipinski definition) is 1. The van der Waals surface area contributed by atoms with Gasteiger partial charge >= 0.3 is 6.36 Å². The summed E-state index contributed by atoms with van der Waals surface area (Å²) in [5.74, 6) is -3.79. The van der Waals surface area contributed by atoms with Crippen LogP contribution in [0.3, 0.4) is 0 Å². The molecule has 1 N–H and O–H groups in total. The zero-order valence-electron chi connectivity index (χ0n) is 18.1. The van der Waals surface area contributed by atoms with Crippen molar-refractivity contribution >= 4 is 21.4 Å². The first kappa shape index (κ1) is 24.7. The average molecular weight is 518 g/mol. The molecule has 2 aromatic carbocycles. The summed E-state index contributed by atoms with van der Waals surface area (Å²) >= 11 is 0. The van der Waals surface area contributed by atoms with Gasteiger partial charge in [-0.2, -0.15) is 4.98 Å². The third-order valence-electron chi connectivity index (χ3n) is 5.05. The van der Waals surface area contributed by atoms with Crippen LogP contribution in [-0.4, -0.2) is 50.2 Å². The van der Waals surface area contributed by atoms with Crippen LogP contribution in [0.1, 0.15) is 12.8 Å². The van der Waals surface area contributed by atoms with Crippen LogP contribution >= 0.6 is 0 Å². The van der Waals surface area contributed by atoms with Crippen LogP contribution in [0.25, 0.3) is 22.8 Å². The van der Waals surface area contributed by atoms with Crippen molar-refractivity contribution in [2.24, 2.45) is 0 Å². The molecule has 1 saturated heterocycles. The van der Waals surface area contributed by atoms with E-state index in [0.29, 0.717) is 6.54 Å². The number of halogens is 5. The van der Waals surface area contributed by atoms with Crippen molar-refractivity contribution in [1.29, 1.82) is 0 Å². The van der Waals surface area contributed by atoms with E-state index in [9.17, 15) is 30.4 Å². The first-order valence-corrected chi connectivity index (χ1v) is 12.1. The highest BCUT2D eigenvalue weighted by molar-refractivity contribution is 7.92. The quantitative estimate of drug-likeness (QED) is 0.463. The highest BCUT2D eigenvalue weighted by Crippen LogP contribution is 2.38. The lowest BCUT2D eigenvalue weighted by atomic mass is 10.1. The molecule has 188 valence electrons. The van der Waals surface area contributed by atoms with Crippen molar-refractivity contribution in [2.75, 3.05) is 29.0 Å². The molecule has 35 heavy (non-hydrogen) atoms. The molecule has 0 amide bonds. The van der Waals surface area contributed by atoms with Crippen LogP contribution in [0.2, 0.25) is 0 Å². The van der Waals surface area contributed by atoms with E-state index in [2.05, 4.69) is 19.6 Å². The van der Waals surface area contributed by atoms with E-state index < -0.39 is 34.6 Å². The van der Waals surface area contributed by atoms with Crippen molar-refractivity contribution in [3.05, 3.63) is 42.5 Å². The Morgan fingerprint density at radius 3 is 2.60 bits per heavy atom. The van der Waals surface area contributed by atoms with Gasteiger partial charge in [-0.05, 0) is 36.8 Å². The van der Waals surface area contributed by atoms with E-state index in [1.165, 1.54) is 41.3 Å². The average Bonchev–Trinajstić information content (AvgIpc) is 3.21. The maximum Gasteiger partial charge on any atom is 0.573 e. The molecule has 4 rings (SSSR count). The Labute approximate surface area is 196 Å². The van der Waals surface area contributed by atoms with Gasteiger partial charge in [0.1, 0.15) is 5.75 Å². The maximum atomic E-state index is 14.0. The number of nitrogens with one attached hydrogen (secondary N) is 1. The smallest absolute Gasteiger partial charge is 0.405 e.